The molecule has 1 aromatic rings. The topological polar surface area (TPSA) is 67.6 Å². The van der Waals surface area contributed by atoms with Crippen LogP contribution in [0.15, 0.2) is 24.3 Å². The van der Waals surface area contributed by atoms with E-state index in [2.05, 4.69) is 24.1 Å². The van der Waals surface area contributed by atoms with Crippen molar-refractivity contribution in [3.05, 3.63) is 29.8 Å². The molecule has 0 saturated carbocycles. The van der Waals surface area contributed by atoms with Crippen LogP contribution in [-0.2, 0) is 4.74 Å². The molecule has 0 spiro atoms. The molecule has 1 atom stereocenters. The normalized spacial score (nSPS) is 18.0. The number of carbonyl (C=O) groups is 1. The number of morpholine rings is 1. The molecule has 1 heterocycles. The maximum absolute atomic E-state index is 12.1. The number of rotatable bonds is 5. The van der Waals surface area contributed by atoms with Crippen molar-refractivity contribution in [3.63, 3.8) is 0 Å². The Balaban J connectivity index is 0.00000242. The van der Waals surface area contributed by atoms with E-state index in [4.69, 9.17) is 10.5 Å². The number of hydrogen-bond acceptors (Lipinski definition) is 4. The molecular formula is C16H27Cl2N3O2. The lowest BCUT2D eigenvalue weighted by Crippen LogP contribution is -2.48. The zero-order chi connectivity index (χ0) is 15.2. The van der Waals surface area contributed by atoms with Gasteiger partial charge in [0, 0.05) is 37.4 Å². The molecule has 1 aliphatic heterocycles. The number of benzene rings is 1. The number of nitrogen functional groups attached to an aromatic ring is 1. The quantitative estimate of drug-likeness (QED) is 0.786. The monoisotopic (exact) mass is 363 g/mol. The average molecular weight is 364 g/mol. The summed E-state index contributed by atoms with van der Waals surface area (Å²) in [6.07, 6.45) is 0.0579. The van der Waals surface area contributed by atoms with Gasteiger partial charge in [-0.15, -0.1) is 24.8 Å². The lowest BCUT2D eigenvalue weighted by Gasteiger charge is -2.33. The first-order valence-electron chi connectivity index (χ1n) is 7.52. The third-order valence-electron chi connectivity index (χ3n) is 3.49. The van der Waals surface area contributed by atoms with Crippen LogP contribution in [0.25, 0.3) is 0 Å². The fourth-order valence-electron chi connectivity index (χ4n) is 2.57. The summed E-state index contributed by atoms with van der Waals surface area (Å²) in [5, 5.41) is 2.92. The summed E-state index contributed by atoms with van der Waals surface area (Å²) in [5.74, 6) is 0.539. The van der Waals surface area contributed by atoms with E-state index >= 15 is 0 Å². The Morgan fingerprint density at radius 1 is 1.43 bits per heavy atom. The number of nitrogens with zero attached hydrogens (tertiary/aromatic N) is 1. The molecule has 3 N–H and O–H groups in total. The minimum atomic E-state index is -0.105. The predicted octanol–water partition coefficient (Wildman–Crippen LogP) is 2.20. The highest BCUT2D eigenvalue weighted by Crippen LogP contribution is 2.09. The van der Waals surface area contributed by atoms with E-state index in [9.17, 15) is 4.79 Å². The van der Waals surface area contributed by atoms with Gasteiger partial charge in [-0.05, 0) is 24.1 Å². The number of anilines is 1. The molecule has 0 aliphatic carbocycles. The van der Waals surface area contributed by atoms with Crippen molar-refractivity contribution in [3.8, 4) is 0 Å². The number of hydrogen-bond donors (Lipinski definition) is 2. The van der Waals surface area contributed by atoms with Crippen molar-refractivity contribution in [2.24, 2.45) is 5.92 Å². The van der Waals surface area contributed by atoms with Gasteiger partial charge in [0.1, 0.15) is 0 Å². The van der Waals surface area contributed by atoms with Gasteiger partial charge in [0.25, 0.3) is 5.91 Å². The molecule has 0 radical (unpaired) electrons. The van der Waals surface area contributed by atoms with Crippen molar-refractivity contribution in [1.29, 1.82) is 0 Å². The van der Waals surface area contributed by atoms with Crippen LogP contribution in [0.1, 0.15) is 24.2 Å². The maximum atomic E-state index is 12.1. The van der Waals surface area contributed by atoms with Crippen molar-refractivity contribution < 1.29 is 9.53 Å². The van der Waals surface area contributed by atoms with Gasteiger partial charge < -0.3 is 15.8 Å². The third kappa shape index (κ3) is 7.40. The first-order valence-corrected chi connectivity index (χ1v) is 7.52. The summed E-state index contributed by atoms with van der Waals surface area (Å²) in [6.45, 7) is 8.60. The Morgan fingerprint density at radius 3 is 2.83 bits per heavy atom. The predicted molar refractivity (Wildman–Crippen MR) is 98.7 cm³/mol. The summed E-state index contributed by atoms with van der Waals surface area (Å²) in [4.78, 5) is 14.5. The third-order valence-corrected chi connectivity index (χ3v) is 3.49. The van der Waals surface area contributed by atoms with E-state index in [1.54, 1.807) is 24.3 Å². The van der Waals surface area contributed by atoms with Crippen molar-refractivity contribution in [1.82, 2.24) is 10.2 Å². The van der Waals surface area contributed by atoms with Crippen molar-refractivity contribution in [2.45, 2.75) is 20.0 Å². The molecule has 1 unspecified atom stereocenters. The van der Waals surface area contributed by atoms with Crippen LogP contribution in [0.2, 0.25) is 0 Å². The van der Waals surface area contributed by atoms with Gasteiger partial charge in [-0.2, -0.15) is 0 Å². The Bertz CT molecular complexity index is 486. The molecule has 132 valence electrons. The summed E-state index contributed by atoms with van der Waals surface area (Å²) in [5.41, 5.74) is 6.87. The number of ether oxygens (including phenoxy) is 1. The van der Waals surface area contributed by atoms with E-state index in [1.807, 2.05) is 0 Å². The largest absolute Gasteiger partial charge is 0.399 e. The molecule has 2 rings (SSSR count). The smallest absolute Gasteiger partial charge is 0.251 e. The fraction of sp³-hybridized carbons (Fsp3) is 0.562. The van der Waals surface area contributed by atoms with Crippen LogP contribution in [0.4, 0.5) is 5.69 Å². The highest BCUT2D eigenvalue weighted by Gasteiger charge is 2.21. The average Bonchev–Trinajstić information content (AvgIpc) is 2.44. The zero-order valence-corrected chi connectivity index (χ0v) is 15.3. The molecule has 1 amide bonds. The number of carbonyl (C=O) groups excluding carboxylic acids is 1. The molecular weight excluding hydrogens is 337 g/mol. The number of nitrogens with one attached hydrogen (secondary N) is 1. The van der Waals surface area contributed by atoms with Gasteiger partial charge in [0.15, 0.2) is 0 Å². The fourth-order valence-corrected chi connectivity index (χ4v) is 2.57. The highest BCUT2D eigenvalue weighted by molar-refractivity contribution is 5.94. The molecule has 1 saturated heterocycles. The van der Waals surface area contributed by atoms with Crippen molar-refractivity contribution in [2.75, 3.05) is 38.5 Å². The van der Waals surface area contributed by atoms with Crippen LogP contribution in [0, 0.1) is 5.92 Å². The first kappa shape index (κ1) is 22.0. The number of amides is 1. The van der Waals surface area contributed by atoms with E-state index in [0.29, 0.717) is 23.7 Å². The SMILES string of the molecule is CC(C)CN1CCOC(CNC(=O)c2cccc(N)c2)C1.Cl.Cl. The maximum Gasteiger partial charge on any atom is 0.251 e. The first-order chi connectivity index (χ1) is 10.0. The van der Waals surface area contributed by atoms with Gasteiger partial charge in [0.05, 0.1) is 12.7 Å². The van der Waals surface area contributed by atoms with Crippen LogP contribution in [-0.4, -0.2) is 49.7 Å². The summed E-state index contributed by atoms with van der Waals surface area (Å²) in [6, 6.07) is 7.00. The highest BCUT2D eigenvalue weighted by atomic mass is 35.5. The van der Waals surface area contributed by atoms with Gasteiger partial charge in [-0.3, -0.25) is 9.69 Å². The minimum Gasteiger partial charge on any atom is -0.399 e. The van der Waals surface area contributed by atoms with Crippen LogP contribution in [0.3, 0.4) is 0 Å². The van der Waals surface area contributed by atoms with E-state index < -0.39 is 0 Å². The van der Waals surface area contributed by atoms with Gasteiger partial charge in [-0.25, -0.2) is 0 Å². The molecule has 1 aromatic carbocycles. The molecule has 5 nitrogen and oxygen atoms in total. The molecule has 23 heavy (non-hydrogen) atoms. The van der Waals surface area contributed by atoms with Crippen LogP contribution in [0.5, 0.6) is 0 Å². The lowest BCUT2D eigenvalue weighted by atomic mass is 10.1. The lowest BCUT2D eigenvalue weighted by molar-refractivity contribution is -0.0295. The standard InChI is InChI=1S/C16H25N3O2.2ClH/c1-12(2)10-19-6-7-21-15(11-19)9-18-16(20)13-4-3-5-14(17)8-13;;/h3-5,8,12,15H,6-7,9-11,17H2,1-2H3,(H,18,20);2*1H. The molecule has 1 aliphatic rings. The van der Waals surface area contributed by atoms with Gasteiger partial charge >= 0.3 is 0 Å². The summed E-state index contributed by atoms with van der Waals surface area (Å²) >= 11 is 0. The van der Waals surface area contributed by atoms with Crippen molar-refractivity contribution >= 4 is 36.4 Å². The Hall–Kier alpha value is -1.01. The summed E-state index contributed by atoms with van der Waals surface area (Å²) < 4.78 is 5.72. The zero-order valence-electron chi connectivity index (χ0n) is 13.7. The Morgan fingerprint density at radius 2 is 2.17 bits per heavy atom. The minimum absolute atomic E-state index is 0. The van der Waals surface area contributed by atoms with E-state index in [0.717, 1.165) is 26.2 Å². The summed E-state index contributed by atoms with van der Waals surface area (Å²) in [7, 11) is 0. The van der Waals surface area contributed by atoms with Crippen LogP contribution >= 0.6 is 24.8 Å². The molecule has 0 aromatic heterocycles. The molecule has 7 heteroatoms. The van der Waals surface area contributed by atoms with E-state index in [-0.39, 0.29) is 36.8 Å². The van der Waals surface area contributed by atoms with Crippen LogP contribution < -0.4 is 11.1 Å². The molecule has 1 fully saturated rings. The second-order valence-electron chi connectivity index (χ2n) is 5.98. The van der Waals surface area contributed by atoms with Gasteiger partial charge in [0.2, 0.25) is 0 Å². The Kier molecular flexibility index (Phi) is 10.2. The second kappa shape index (κ2) is 10.7. The van der Waals surface area contributed by atoms with E-state index in [1.165, 1.54) is 0 Å². The molecule has 0 bridgehead atoms. The Labute approximate surface area is 150 Å². The number of halogens is 2. The van der Waals surface area contributed by atoms with Gasteiger partial charge in [-0.1, -0.05) is 19.9 Å². The number of nitrogens with two attached hydrogens (primary N) is 1. The second-order valence-corrected chi connectivity index (χ2v) is 5.98.